The van der Waals surface area contributed by atoms with Crippen molar-refractivity contribution in [3.63, 3.8) is 0 Å². The molecular weight excluding hydrogens is 610 g/mol. The summed E-state index contributed by atoms with van der Waals surface area (Å²) in [5.74, 6) is 2.75. The Morgan fingerprint density at radius 2 is 1.64 bits per heavy atom. The normalized spacial score (nSPS) is 11.1. The maximum Gasteiger partial charge on any atom is 0.418 e. The van der Waals surface area contributed by atoms with Crippen LogP contribution in [0.2, 0.25) is 0 Å². The summed E-state index contributed by atoms with van der Waals surface area (Å²) in [5.41, 5.74) is -0.199. The summed E-state index contributed by atoms with van der Waals surface area (Å²) in [6, 6.07) is 7.21. The number of nitrogens with two attached hydrogens (primary N) is 1. The van der Waals surface area contributed by atoms with Crippen molar-refractivity contribution in [1.82, 2.24) is 25.1 Å². The van der Waals surface area contributed by atoms with Crippen LogP contribution in [0.15, 0.2) is 64.4 Å². The first kappa shape index (κ1) is 32.9. The van der Waals surface area contributed by atoms with Gasteiger partial charge < -0.3 is 15.6 Å². The number of benzene rings is 1. The van der Waals surface area contributed by atoms with Crippen LogP contribution < -0.4 is 21.9 Å². The van der Waals surface area contributed by atoms with Gasteiger partial charge in [0.05, 0.1) is 29.8 Å². The molecule has 0 fully saturated rings. The van der Waals surface area contributed by atoms with Crippen molar-refractivity contribution in [3.8, 4) is 11.8 Å². The Hall–Kier alpha value is -5.60. The van der Waals surface area contributed by atoms with E-state index in [1.54, 1.807) is 4.98 Å². The molecule has 44 heavy (non-hydrogen) atoms. The molecule has 0 aliphatic rings. The van der Waals surface area contributed by atoms with Gasteiger partial charge in [-0.1, -0.05) is 5.92 Å². The average Bonchev–Trinajstić information content (AvgIpc) is 2.94. The van der Waals surface area contributed by atoms with Crippen molar-refractivity contribution in [1.29, 1.82) is 0 Å². The van der Waals surface area contributed by atoms with E-state index in [9.17, 15) is 49.5 Å². The zero-order chi connectivity index (χ0) is 32.7. The molecule has 18 heteroatoms. The summed E-state index contributed by atoms with van der Waals surface area (Å²) in [7, 11) is 0. The van der Waals surface area contributed by atoms with Crippen LogP contribution >= 0.6 is 0 Å². The molecule has 230 valence electrons. The van der Waals surface area contributed by atoms with E-state index in [0.717, 1.165) is 17.0 Å². The number of aromatic nitrogens is 5. The van der Waals surface area contributed by atoms with E-state index in [1.165, 1.54) is 24.3 Å². The minimum Gasteiger partial charge on any atom is -0.382 e. The van der Waals surface area contributed by atoms with E-state index in [4.69, 9.17) is 5.73 Å². The van der Waals surface area contributed by atoms with Crippen LogP contribution in [0.4, 0.5) is 46.6 Å². The number of H-pyrrole nitrogens is 2. The summed E-state index contributed by atoms with van der Waals surface area (Å²) in [5, 5.41) is 7.31. The smallest absolute Gasteiger partial charge is 0.382 e. The van der Waals surface area contributed by atoms with Crippen molar-refractivity contribution < 1.29 is 39.9 Å². The molecular formula is C26H17F8N7O3. The molecule has 1 amide bonds. The van der Waals surface area contributed by atoms with Gasteiger partial charge in [0, 0.05) is 18.1 Å². The molecule has 0 aliphatic carbocycles. The summed E-state index contributed by atoms with van der Waals surface area (Å²) in [6.45, 7) is -0.363. The third kappa shape index (κ3) is 9.20. The fourth-order valence-corrected chi connectivity index (χ4v) is 3.23. The Balaban J connectivity index is 0.000000502. The third-order valence-corrected chi connectivity index (χ3v) is 5.27. The van der Waals surface area contributed by atoms with Gasteiger partial charge in [0.15, 0.2) is 0 Å². The zero-order valence-corrected chi connectivity index (χ0v) is 21.7. The molecule has 3 heterocycles. The number of nitrogen functional groups attached to an aromatic ring is 1. The highest BCUT2D eigenvalue weighted by molar-refractivity contribution is 5.95. The first-order chi connectivity index (χ1) is 20.5. The van der Waals surface area contributed by atoms with Gasteiger partial charge in [-0.15, -0.1) is 10.2 Å². The molecule has 0 aliphatic heterocycles. The number of rotatable bonds is 4. The fraction of sp³-hybridized carbons (Fsp3) is 0.154. The van der Waals surface area contributed by atoms with Crippen molar-refractivity contribution in [2.24, 2.45) is 0 Å². The summed E-state index contributed by atoms with van der Waals surface area (Å²) >= 11 is 0. The van der Waals surface area contributed by atoms with Gasteiger partial charge >= 0.3 is 18.0 Å². The number of nitrogens with zero attached hydrogens (tertiary/aromatic N) is 4. The zero-order valence-electron chi connectivity index (χ0n) is 21.7. The predicted molar refractivity (Wildman–Crippen MR) is 138 cm³/mol. The van der Waals surface area contributed by atoms with E-state index in [0.29, 0.717) is 6.20 Å². The molecule has 3 aromatic heterocycles. The van der Waals surface area contributed by atoms with E-state index in [2.05, 4.69) is 27.0 Å². The second-order valence-electron chi connectivity index (χ2n) is 8.41. The van der Waals surface area contributed by atoms with Crippen LogP contribution in [-0.2, 0) is 23.6 Å². The molecule has 0 unspecified atom stereocenters. The summed E-state index contributed by atoms with van der Waals surface area (Å²) in [6.07, 6.45) is -10.3. The number of nitrogens with one attached hydrogen (secondary N) is 2. The topological polar surface area (TPSA) is 151 Å². The maximum absolute atomic E-state index is 13.4. The molecule has 0 spiro atoms. The number of hydrogen-bond donors (Lipinski definition) is 3. The molecule has 0 radical (unpaired) electrons. The van der Waals surface area contributed by atoms with E-state index in [-0.39, 0.29) is 36.0 Å². The van der Waals surface area contributed by atoms with Crippen LogP contribution in [0.3, 0.4) is 0 Å². The molecule has 4 rings (SSSR count). The summed E-state index contributed by atoms with van der Waals surface area (Å²) < 4.78 is 104. The van der Waals surface area contributed by atoms with Gasteiger partial charge in [-0.25, -0.2) is 9.18 Å². The lowest BCUT2D eigenvalue weighted by Gasteiger charge is -2.21. The Labute approximate surface area is 240 Å². The van der Waals surface area contributed by atoms with Gasteiger partial charge in [-0.2, -0.15) is 30.7 Å². The Morgan fingerprint density at radius 3 is 2.18 bits per heavy atom. The minimum atomic E-state index is -5.20. The van der Waals surface area contributed by atoms with Crippen LogP contribution in [0, 0.1) is 23.5 Å². The molecule has 4 N–H and O–H groups in total. The lowest BCUT2D eigenvalue weighted by atomic mass is 10.1. The average molecular weight is 627 g/mol. The second-order valence-corrected chi connectivity index (χ2v) is 8.41. The highest BCUT2D eigenvalue weighted by atomic mass is 19.4. The number of alkyl halides is 6. The highest BCUT2D eigenvalue weighted by Crippen LogP contribution is 2.36. The van der Waals surface area contributed by atoms with Gasteiger partial charge in [0.25, 0.3) is 5.56 Å². The number of carbonyl (C=O) groups is 1. The fourth-order valence-electron chi connectivity index (χ4n) is 3.23. The largest absolute Gasteiger partial charge is 0.418 e. The number of hydrogen-bond acceptors (Lipinski definition) is 7. The number of amides is 1. The van der Waals surface area contributed by atoms with E-state index < -0.39 is 64.4 Å². The van der Waals surface area contributed by atoms with Gasteiger partial charge in [-0.3, -0.25) is 19.6 Å². The minimum absolute atomic E-state index is 0.0922. The van der Waals surface area contributed by atoms with Gasteiger partial charge in [0.1, 0.15) is 17.3 Å². The van der Waals surface area contributed by atoms with E-state index in [1.807, 2.05) is 4.98 Å². The molecule has 0 bridgehead atoms. The maximum atomic E-state index is 13.4. The van der Waals surface area contributed by atoms with Gasteiger partial charge in [0.2, 0.25) is 11.7 Å². The SMILES string of the molecule is Nc1ccc(C#CCN(C(=O)Cc2ncc(C(F)(F)F)cc2C(F)(F)F)c2ccc(F)cc2)nn1.O=c1[nH]cc(F)c(=O)[nH]1. The van der Waals surface area contributed by atoms with Crippen LogP contribution in [0.1, 0.15) is 22.5 Å². The first-order valence-corrected chi connectivity index (χ1v) is 11.8. The molecule has 10 nitrogen and oxygen atoms in total. The molecule has 0 saturated carbocycles. The third-order valence-electron chi connectivity index (χ3n) is 5.27. The quantitative estimate of drug-likeness (QED) is 0.232. The standard InChI is InChI=1S/C22H14F7N5O.C4H3FN2O2/c23-14-3-6-16(7-4-14)34(9-1-2-15-5-8-19(30)33-32-15)20(35)11-18-17(22(27,28)29)10-13(12-31-18)21(24,25)26;5-2-1-6-4(9)7-3(2)8/h3-8,10,12H,9,11H2,(H2,30,33);1H,(H2,6,7,8,9). The van der Waals surface area contributed by atoms with Crippen molar-refractivity contribution in [2.75, 3.05) is 17.2 Å². The monoisotopic (exact) mass is 627 g/mol. The van der Waals surface area contributed by atoms with Crippen molar-refractivity contribution >= 4 is 17.4 Å². The molecule has 4 aromatic rings. The number of anilines is 2. The Kier molecular flexibility index (Phi) is 10.2. The first-order valence-electron chi connectivity index (χ1n) is 11.8. The summed E-state index contributed by atoms with van der Waals surface area (Å²) in [4.78, 5) is 41.1. The molecule has 1 aromatic carbocycles. The van der Waals surface area contributed by atoms with Crippen LogP contribution in [0.25, 0.3) is 0 Å². The van der Waals surface area contributed by atoms with Gasteiger partial charge in [-0.05, 0) is 48.4 Å². The second kappa shape index (κ2) is 13.6. The van der Waals surface area contributed by atoms with Crippen molar-refractivity contribution in [2.45, 2.75) is 18.8 Å². The molecule has 0 saturated heterocycles. The number of pyridine rings is 1. The lowest BCUT2D eigenvalue weighted by molar-refractivity contribution is -0.143. The number of aromatic amines is 2. The Bertz CT molecular complexity index is 1790. The molecule has 0 atom stereocenters. The van der Waals surface area contributed by atoms with Crippen LogP contribution in [-0.4, -0.2) is 37.6 Å². The number of halogens is 8. The number of carbonyl (C=O) groups excluding carboxylic acids is 1. The van der Waals surface area contributed by atoms with E-state index >= 15 is 0 Å². The lowest BCUT2D eigenvalue weighted by Crippen LogP contribution is -2.33. The van der Waals surface area contributed by atoms with Crippen LogP contribution in [0.5, 0.6) is 0 Å². The van der Waals surface area contributed by atoms with Crippen molar-refractivity contribution in [3.05, 3.63) is 110 Å². The predicted octanol–water partition coefficient (Wildman–Crippen LogP) is 3.46. The Morgan fingerprint density at radius 1 is 0.955 bits per heavy atom. The highest BCUT2D eigenvalue weighted by Gasteiger charge is 2.39.